The minimum atomic E-state index is -0.390. The topological polar surface area (TPSA) is 85.2 Å². The lowest BCUT2D eigenvalue weighted by Crippen LogP contribution is -2.40. The number of anilines is 1. The van der Waals surface area contributed by atoms with Crippen LogP contribution in [0.4, 0.5) is 5.69 Å². The highest BCUT2D eigenvalue weighted by Crippen LogP contribution is 2.33. The van der Waals surface area contributed by atoms with Crippen LogP contribution in [0.25, 0.3) is 11.1 Å². The minimum absolute atomic E-state index is 0.00816. The van der Waals surface area contributed by atoms with E-state index in [-0.39, 0.29) is 19.1 Å². The summed E-state index contributed by atoms with van der Waals surface area (Å²) in [4.78, 5) is 12.3. The smallest absolute Gasteiger partial charge is 0.243 e. The molecule has 3 N–H and O–H groups in total. The molecule has 0 spiro atoms. The number of hydrogen-bond acceptors (Lipinski definition) is 5. The lowest BCUT2D eigenvalue weighted by Gasteiger charge is -2.21. The third kappa shape index (κ3) is 5.31. The fraction of sp³-hybridized carbons (Fsp3) is 0.368. The molecule has 1 amide bonds. The van der Waals surface area contributed by atoms with E-state index in [4.69, 9.17) is 5.26 Å². The van der Waals surface area contributed by atoms with Crippen molar-refractivity contribution in [2.24, 2.45) is 5.92 Å². The maximum atomic E-state index is 12.3. The second-order valence-corrected chi connectivity index (χ2v) is 7.00. The monoisotopic (exact) mass is 357 g/mol. The number of thiophene rings is 1. The molecule has 0 bridgehead atoms. The summed E-state index contributed by atoms with van der Waals surface area (Å²) < 4.78 is 0. The molecule has 1 heterocycles. The van der Waals surface area contributed by atoms with Gasteiger partial charge in [0.1, 0.15) is 12.6 Å². The van der Waals surface area contributed by atoms with Crippen LogP contribution < -0.4 is 10.6 Å². The number of aliphatic hydroxyl groups excluding tert-OH is 1. The number of benzene rings is 1. The van der Waals surface area contributed by atoms with Crippen LogP contribution in [0.3, 0.4) is 0 Å². The molecule has 0 fully saturated rings. The Bertz CT molecular complexity index is 732. The van der Waals surface area contributed by atoms with Crippen molar-refractivity contribution in [2.75, 3.05) is 11.9 Å². The van der Waals surface area contributed by atoms with E-state index in [0.717, 1.165) is 22.4 Å². The van der Waals surface area contributed by atoms with E-state index in [1.807, 2.05) is 41.1 Å². The van der Waals surface area contributed by atoms with Gasteiger partial charge in [0.05, 0.1) is 18.4 Å². The number of aliphatic hydroxyl groups is 1. The molecule has 0 radical (unpaired) electrons. The quantitative estimate of drug-likeness (QED) is 0.632. The number of rotatable bonds is 8. The van der Waals surface area contributed by atoms with Crippen molar-refractivity contribution >= 4 is 22.9 Å². The number of nitrogens with zero attached hydrogens (tertiary/aromatic N) is 1. The Kier molecular flexibility index (Phi) is 6.99. The highest BCUT2D eigenvalue weighted by atomic mass is 32.1. The molecule has 0 saturated heterocycles. The van der Waals surface area contributed by atoms with E-state index in [1.165, 1.54) is 0 Å². The fourth-order valence-electron chi connectivity index (χ4n) is 2.56. The van der Waals surface area contributed by atoms with Crippen molar-refractivity contribution in [2.45, 2.75) is 32.9 Å². The first-order valence-corrected chi connectivity index (χ1v) is 9.17. The molecular formula is C19H23N3O2S. The van der Waals surface area contributed by atoms with Crippen molar-refractivity contribution in [3.63, 3.8) is 0 Å². The molecule has 1 atom stereocenters. The molecule has 6 heteroatoms. The summed E-state index contributed by atoms with van der Waals surface area (Å²) in [6.07, 6.45) is 0.677. The lowest BCUT2D eigenvalue weighted by molar-refractivity contribution is -0.121. The Balaban J connectivity index is 2.20. The van der Waals surface area contributed by atoms with Crippen LogP contribution >= 0.6 is 11.3 Å². The SMILES string of the molecule is CC(C)C[C@H](Nc1cscc1-c1ccc(CO)cc1)C(=O)NCC#N. The summed E-state index contributed by atoms with van der Waals surface area (Å²) in [6.45, 7) is 4.15. The van der Waals surface area contributed by atoms with Crippen molar-refractivity contribution in [3.05, 3.63) is 40.6 Å². The summed E-state index contributed by atoms with van der Waals surface area (Å²) in [7, 11) is 0. The van der Waals surface area contributed by atoms with Crippen molar-refractivity contribution in [1.82, 2.24) is 5.32 Å². The van der Waals surface area contributed by atoms with E-state index in [9.17, 15) is 9.90 Å². The van der Waals surface area contributed by atoms with Gasteiger partial charge in [-0.2, -0.15) is 5.26 Å². The highest BCUT2D eigenvalue weighted by molar-refractivity contribution is 7.08. The van der Waals surface area contributed by atoms with Crippen LogP contribution in [-0.4, -0.2) is 23.6 Å². The van der Waals surface area contributed by atoms with E-state index < -0.39 is 6.04 Å². The lowest BCUT2D eigenvalue weighted by atomic mass is 10.0. The van der Waals surface area contributed by atoms with E-state index in [1.54, 1.807) is 11.3 Å². The summed E-state index contributed by atoms with van der Waals surface area (Å²) in [5.74, 6) is 0.180. The first-order chi connectivity index (χ1) is 12.0. The second kappa shape index (κ2) is 9.21. The normalized spacial score (nSPS) is 11.8. The standard InChI is InChI=1S/C19H23N3O2S/c1-13(2)9-17(19(24)21-8-7-20)22-18-12-25-11-16(18)15-5-3-14(10-23)4-6-15/h3-6,11-13,17,22-23H,8-10H2,1-2H3,(H,21,24)/t17-/m0/s1. The van der Waals surface area contributed by atoms with Crippen molar-refractivity contribution < 1.29 is 9.90 Å². The number of amides is 1. The van der Waals surface area contributed by atoms with Gasteiger partial charge in [-0.3, -0.25) is 4.79 Å². The van der Waals surface area contributed by atoms with E-state index in [2.05, 4.69) is 24.5 Å². The van der Waals surface area contributed by atoms with Gasteiger partial charge >= 0.3 is 0 Å². The average Bonchev–Trinajstić information content (AvgIpc) is 3.07. The van der Waals surface area contributed by atoms with Gasteiger partial charge in [0.25, 0.3) is 0 Å². The van der Waals surface area contributed by atoms with Crippen LogP contribution in [0.2, 0.25) is 0 Å². The van der Waals surface area contributed by atoms with Crippen LogP contribution in [-0.2, 0) is 11.4 Å². The zero-order valence-corrected chi connectivity index (χ0v) is 15.3. The Morgan fingerprint density at radius 3 is 2.60 bits per heavy atom. The third-order valence-corrected chi connectivity index (χ3v) is 4.55. The molecule has 0 unspecified atom stereocenters. The first-order valence-electron chi connectivity index (χ1n) is 8.22. The predicted octanol–water partition coefficient (Wildman–Crippen LogP) is 3.37. The van der Waals surface area contributed by atoms with E-state index in [0.29, 0.717) is 12.3 Å². The molecule has 0 saturated carbocycles. The molecule has 132 valence electrons. The number of carbonyl (C=O) groups is 1. The predicted molar refractivity (Wildman–Crippen MR) is 101 cm³/mol. The van der Waals surface area contributed by atoms with Crippen LogP contribution in [0.15, 0.2) is 35.0 Å². The van der Waals surface area contributed by atoms with Gasteiger partial charge in [-0.25, -0.2) is 0 Å². The molecule has 0 aliphatic carbocycles. The van der Waals surface area contributed by atoms with Crippen LogP contribution in [0.5, 0.6) is 0 Å². The van der Waals surface area contributed by atoms with Gasteiger partial charge < -0.3 is 15.7 Å². The third-order valence-electron chi connectivity index (χ3n) is 3.80. The van der Waals surface area contributed by atoms with Gasteiger partial charge in [-0.1, -0.05) is 38.1 Å². The van der Waals surface area contributed by atoms with E-state index >= 15 is 0 Å². The average molecular weight is 357 g/mol. The molecule has 0 aliphatic heterocycles. The van der Waals surface area contributed by atoms with Crippen molar-refractivity contribution in [1.29, 1.82) is 5.26 Å². The zero-order valence-electron chi connectivity index (χ0n) is 14.5. The number of nitrogens with one attached hydrogen (secondary N) is 2. The Morgan fingerprint density at radius 1 is 1.28 bits per heavy atom. The number of carbonyl (C=O) groups excluding carboxylic acids is 1. The molecule has 0 aliphatic rings. The number of nitriles is 1. The zero-order chi connectivity index (χ0) is 18.2. The Labute approximate surface area is 152 Å². The van der Waals surface area contributed by atoms with Gasteiger partial charge in [-0.15, -0.1) is 11.3 Å². The minimum Gasteiger partial charge on any atom is -0.392 e. The molecule has 5 nitrogen and oxygen atoms in total. The number of hydrogen-bond donors (Lipinski definition) is 3. The second-order valence-electron chi connectivity index (χ2n) is 6.26. The molecule has 2 aromatic rings. The van der Waals surface area contributed by atoms with Crippen LogP contribution in [0.1, 0.15) is 25.8 Å². The summed E-state index contributed by atoms with van der Waals surface area (Å²) in [6, 6.07) is 9.26. The maximum Gasteiger partial charge on any atom is 0.243 e. The van der Waals surface area contributed by atoms with Crippen molar-refractivity contribution in [3.8, 4) is 17.2 Å². The summed E-state index contributed by atoms with van der Waals surface area (Å²) in [5.41, 5.74) is 3.82. The fourth-order valence-corrected chi connectivity index (χ4v) is 3.36. The highest BCUT2D eigenvalue weighted by Gasteiger charge is 2.21. The molecular weight excluding hydrogens is 334 g/mol. The van der Waals surface area contributed by atoms with Gasteiger partial charge in [-0.05, 0) is 23.5 Å². The summed E-state index contributed by atoms with van der Waals surface area (Å²) >= 11 is 1.57. The van der Waals surface area contributed by atoms with Gasteiger partial charge in [0, 0.05) is 16.3 Å². The largest absolute Gasteiger partial charge is 0.392 e. The Morgan fingerprint density at radius 2 is 2.00 bits per heavy atom. The first kappa shape index (κ1) is 19.0. The molecule has 1 aromatic carbocycles. The maximum absolute atomic E-state index is 12.3. The molecule has 1 aromatic heterocycles. The van der Waals surface area contributed by atoms with Gasteiger partial charge in [0.15, 0.2) is 0 Å². The summed E-state index contributed by atoms with van der Waals surface area (Å²) in [5, 5.41) is 27.8. The van der Waals surface area contributed by atoms with Gasteiger partial charge in [0.2, 0.25) is 5.91 Å². The van der Waals surface area contributed by atoms with Crippen LogP contribution in [0, 0.1) is 17.2 Å². The Hall–Kier alpha value is -2.36. The molecule has 2 rings (SSSR count). The molecule has 25 heavy (non-hydrogen) atoms.